The van der Waals surface area contributed by atoms with E-state index in [1.807, 2.05) is 42.5 Å². The zero-order chi connectivity index (χ0) is 25.8. The van der Waals surface area contributed by atoms with Crippen molar-refractivity contribution in [1.82, 2.24) is 9.97 Å². The number of halogens is 1. The van der Waals surface area contributed by atoms with E-state index < -0.39 is 0 Å². The van der Waals surface area contributed by atoms with E-state index >= 15 is 0 Å². The Morgan fingerprint density at radius 1 is 0.649 bits per heavy atom. The molecule has 5 rings (SSSR count). The zero-order valence-corrected chi connectivity index (χ0v) is 20.4. The second-order valence-electron chi connectivity index (χ2n) is 8.22. The average Bonchev–Trinajstić information content (AvgIpc) is 2.91. The molecule has 0 fully saturated rings. The van der Waals surface area contributed by atoms with Crippen molar-refractivity contribution in [2.75, 3.05) is 22.1 Å². The molecule has 5 aromatic rings. The van der Waals surface area contributed by atoms with E-state index in [0.717, 1.165) is 5.56 Å². The standard InChI is InChI=1S/C29H23ClN6O/c30-21-11-5-10-20(26(21)18-8-1-3-14-24(18)35-28-22(31)12-6-16-33-28)27(37)19-9-2-4-15-25(19)36-29-23(32)13-7-17-34-29/h1-17H,31-32H2,(H,33,35)(H,34,36). The summed E-state index contributed by atoms with van der Waals surface area (Å²) in [6.07, 6.45) is 3.29. The van der Waals surface area contributed by atoms with Gasteiger partial charge in [0.15, 0.2) is 17.4 Å². The summed E-state index contributed by atoms with van der Waals surface area (Å²) in [5, 5.41) is 6.91. The number of aromatic nitrogens is 2. The molecule has 7 nitrogen and oxygen atoms in total. The first-order chi connectivity index (χ1) is 18.0. The number of para-hydroxylation sites is 2. The lowest BCUT2D eigenvalue weighted by atomic mass is 9.92. The maximum atomic E-state index is 14.0. The Balaban J connectivity index is 1.59. The fourth-order valence-corrected chi connectivity index (χ4v) is 4.31. The summed E-state index contributed by atoms with van der Waals surface area (Å²) in [6.45, 7) is 0. The zero-order valence-electron chi connectivity index (χ0n) is 19.7. The first kappa shape index (κ1) is 23.8. The van der Waals surface area contributed by atoms with Crippen LogP contribution in [0.3, 0.4) is 0 Å². The minimum absolute atomic E-state index is 0.206. The van der Waals surface area contributed by atoms with Gasteiger partial charge in [-0.25, -0.2) is 9.97 Å². The van der Waals surface area contributed by atoms with Crippen molar-refractivity contribution in [3.05, 3.63) is 120 Å². The third-order valence-electron chi connectivity index (χ3n) is 5.81. The molecule has 0 aliphatic rings. The summed E-state index contributed by atoms with van der Waals surface area (Å²) in [4.78, 5) is 22.6. The van der Waals surface area contributed by atoms with E-state index in [0.29, 0.717) is 56.1 Å². The molecule has 0 amide bonds. The van der Waals surface area contributed by atoms with Gasteiger partial charge >= 0.3 is 0 Å². The van der Waals surface area contributed by atoms with Gasteiger partial charge in [-0.3, -0.25) is 4.79 Å². The Hall–Kier alpha value is -4.88. The number of carbonyl (C=O) groups excluding carboxylic acids is 1. The van der Waals surface area contributed by atoms with Crippen LogP contribution < -0.4 is 22.1 Å². The monoisotopic (exact) mass is 506 g/mol. The second-order valence-corrected chi connectivity index (χ2v) is 8.62. The van der Waals surface area contributed by atoms with Crippen LogP contribution in [-0.2, 0) is 0 Å². The molecule has 182 valence electrons. The van der Waals surface area contributed by atoms with Gasteiger partial charge in [0.25, 0.3) is 0 Å². The van der Waals surface area contributed by atoms with Crippen LogP contribution in [0.5, 0.6) is 0 Å². The minimum Gasteiger partial charge on any atom is -0.396 e. The highest BCUT2D eigenvalue weighted by Gasteiger charge is 2.22. The van der Waals surface area contributed by atoms with Crippen LogP contribution in [0.2, 0.25) is 5.02 Å². The Kier molecular flexibility index (Phi) is 6.70. The van der Waals surface area contributed by atoms with Crippen LogP contribution in [-0.4, -0.2) is 15.8 Å². The van der Waals surface area contributed by atoms with Crippen LogP contribution in [0, 0.1) is 0 Å². The molecule has 0 saturated heterocycles. The number of rotatable bonds is 7. The molecule has 0 aliphatic carbocycles. The highest BCUT2D eigenvalue weighted by Crippen LogP contribution is 2.39. The predicted molar refractivity (Wildman–Crippen MR) is 151 cm³/mol. The van der Waals surface area contributed by atoms with Gasteiger partial charge in [0, 0.05) is 45.4 Å². The number of nitrogens with zero attached hydrogens (tertiary/aromatic N) is 2. The molecule has 0 radical (unpaired) electrons. The molecule has 0 unspecified atom stereocenters. The molecule has 0 spiro atoms. The van der Waals surface area contributed by atoms with Gasteiger partial charge in [-0.15, -0.1) is 0 Å². The summed E-state index contributed by atoms with van der Waals surface area (Å²) in [7, 11) is 0. The number of nitrogen functional groups attached to an aromatic ring is 2. The van der Waals surface area contributed by atoms with Gasteiger partial charge in [-0.2, -0.15) is 0 Å². The topological polar surface area (TPSA) is 119 Å². The van der Waals surface area contributed by atoms with Crippen LogP contribution in [0.25, 0.3) is 11.1 Å². The summed E-state index contributed by atoms with van der Waals surface area (Å²) in [5.74, 6) is 0.774. The fraction of sp³-hybridized carbons (Fsp3) is 0. The second kappa shape index (κ2) is 10.4. The summed E-state index contributed by atoms with van der Waals surface area (Å²) in [6, 6.07) is 27.1. The number of anilines is 6. The van der Waals surface area contributed by atoms with E-state index in [1.165, 1.54) is 0 Å². The number of carbonyl (C=O) groups is 1. The predicted octanol–water partition coefficient (Wildman–Crippen LogP) is 6.68. The molecular weight excluding hydrogens is 484 g/mol. The number of hydrogen-bond donors (Lipinski definition) is 4. The van der Waals surface area contributed by atoms with E-state index in [1.54, 1.807) is 60.9 Å². The number of nitrogens with one attached hydrogen (secondary N) is 2. The van der Waals surface area contributed by atoms with Gasteiger partial charge in [0.05, 0.1) is 17.1 Å². The molecule has 2 heterocycles. The van der Waals surface area contributed by atoms with Crippen molar-refractivity contribution in [1.29, 1.82) is 0 Å². The summed E-state index contributed by atoms with van der Waals surface area (Å²) in [5.41, 5.74) is 16.7. The Bertz CT molecular complexity index is 1600. The van der Waals surface area contributed by atoms with Crippen LogP contribution >= 0.6 is 11.6 Å². The lowest BCUT2D eigenvalue weighted by Crippen LogP contribution is -2.09. The van der Waals surface area contributed by atoms with Gasteiger partial charge in [-0.1, -0.05) is 54.1 Å². The smallest absolute Gasteiger partial charge is 0.195 e. The van der Waals surface area contributed by atoms with Gasteiger partial charge in [0.2, 0.25) is 0 Å². The van der Waals surface area contributed by atoms with Crippen molar-refractivity contribution in [2.24, 2.45) is 0 Å². The van der Waals surface area contributed by atoms with E-state index in [4.69, 9.17) is 23.1 Å². The van der Waals surface area contributed by atoms with Gasteiger partial charge < -0.3 is 22.1 Å². The average molecular weight is 507 g/mol. The van der Waals surface area contributed by atoms with Crippen LogP contribution in [0.4, 0.5) is 34.4 Å². The minimum atomic E-state index is -0.206. The molecule has 0 bridgehead atoms. The van der Waals surface area contributed by atoms with E-state index in [2.05, 4.69) is 20.6 Å². The van der Waals surface area contributed by atoms with E-state index in [9.17, 15) is 4.79 Å². The fourth-order valence-electron chi connectivity index (χ4n) is 4.03. The van der Waals surface area contributed by atoms with Crippen molar-refractivity contribution >= 4 is 51.8 Å². The largest absolute Gasteiger partial charge is 0.396 e. The maximum absolute atomic E-state index is 14.0. The molecular formula is C29H23ClN6O. The highest BCUT2D eigenvalue weighted by atomic mass is 35.5. The molecule has 3 aromatic carbocycles. The van der Waals surface area contributed by atoms with E-state index in [-0.39, 0.29) is 5.78 Å². The molecule has 0 aliphatic heterocycles. The number of hydrogen-bond acceptors (Lipinski definition) is 7. The van der Waals surface area contributed by atoms with Crippen molar-refractivity contribution in [2.45, 2.75) is 0 Å². The van der Waals surface area contributed by atoms with Gasteiger partial charge in [-0.05, 0) is 48.5 Å². The first-order valence-corrected chi connectivity index (χ1v) is 11.9. The quantitative estimate of drug-likeness (QED) is 0.182. The Labute approximate surface area is 219 Å². The Morgan fingerprint density at radius 2 is 1.22 bits per heavy atom. The van der Waals surface area contributed by atoms with Crippen LogP contribution in [0.15, 0.2) is 103 Å². The number of pyridine rings is 2. The molecule has 8 heteroatoms. The van der Waals surface area contributed by atoms with Crippen molar-refractivity contribution in [3.63, 3.8) is 0 Å². The first-order valence-electron chi connectivity index (χ1n) is 11.5. The number of nitrogens with two attached hydrogens (primary N) is 2. The third kappa shape index (κ3) is 4.94. The lowest BCUT2D eigenvalue weighted by molar-refractivity contribution is 0.104. The maximum Gasteiger partial charge on any atom is 0.195 e. The molecule has 6 N–H and O–H groups in total. The highest BCUT2D eigenvalue weighted by molar-refractivity contribution is 6.35. The Morgan fingerprint density at radius 3 is 1.89 bits per heavy atom. The van der Waals surface area contributed by atoms with Gasteiger partial charge in [0.1, 0.15) is 0 Å². The molecule has 2 aromatic heterocycles. The summed E-state index contributed by atoms with van der Waals surface area (Å²) >= 11 is 6.73. The third-order valence-corrected chi connectivity index (χ3v) is 6.13. The summed E-state index contributed by atoms with van der Waals surface area (Å²) < 4.78 is 0. The SMILES string of the molecule is Nc1cccnc1Nc1ccccc1C(=O)c1cccc(Cl)c1-c1ccccc1Nc1ncccc1N. The van der Waals surface area contributed by atoms with Crippen molar-refractivity contribution < 1.29 is 4.79 Å². The molecule has 37 heavy (non-hydrogen) atoms. The molecule has 0 atom stereocenters. The number of ketones is 1. The molecule has 0 saturated carbocycles. The lowest BCUT2D eigenvalue weighted by Gasteiger charge is -2.18. The number of benzene rings is 3. The van der Waals surface area contributed by atoms with Crippen LogP contribution in [0.1, 0.15) is 15.9 Å². The van der Waals surface area contributed by atoms with Crippen molar-refractivity contribution in [3.8, 4) is 11.1 Å². The normalized spacial score (nSPS) is 10.6.